The minimum absolute atomic E-state index is 0.129. The summed E-state index contributed by atoms with van der Waals surface area (Å²) in [7, 11) is 1.76. The topological polar surface area (TPSA) is 110 Å². The first-order valence-electron chi connectivity index (χ1n) is 9.94. The van der Waals surface area contributed by atoms with Crippen LogP contribution in [-0.4, -0.2) is 31.8 Å². The number of benzene rings is 1. The second-order valence-corrected chi connectivity index (χ2v) is 8.31. The van der Waals surface area contributed by atoms with Crippen molar-refractivity contribution in [2.75, 3.05) is 11.1 Å². The molecule has 1 aromatic carbocycles. The molecule has 0 fully saturated rings. The normalized spacial score (nSPS) is 10.6. The first-order chi connectivity index (χ1) is 15.2. The number of nitrogens with one attached hydrogen (secondary N) is 1. The molecule has 0 aliphatic heterocycles. The van der Waals surface area contributed by atoms with Gasteiger partial charge in [-0.15, -0.1) is 11.8 Å². The lowest BCUT2D eigenvalue weighted by Gasteiger charge is -2.08. The lowest BCUT2D eigenvalue weighted by Crippen LogP contribution is -2.23. The third-order valence-corrected chi connectivity index (χ3v) is 6.06. The van der Waals surface area contributed by atoms with Crippen LogP contribution >= 0.6 is 11.8 Å². The zero-order valence-corrected chi connectivity index (χ0v) is 19.1. The largest absolute Gasteiger partial charge is 0.320 e. The minimum Gasteiger partial charge on any atom is -0.320 e. The second kappa shape index (κ2) is 9.66. The van der Waals surface area contributed by atoms with Gasteiger partial charge in [0.1, 0.15) is 16.8 Å². The average Bonchev–Trinajstić information content (AvgIpc) is 2.97. The molecule has 9 heteroatoms. The molecular weight excluding hydrogens is 426 g/mol. The Labute approximate surface area is 189 Å². The van der Waals surface area contributed by atoms with Crippen molar-refractivity contribution in [1.29, 1.82) is 5.26 Å². The van der Waals surface area contributed by atoms with E-state index >= 15 is 0 Å². The van der Waals surface area contributed by atoms with Crippen molar-refractivity contribution in [3.8, 4) is 11.8 Å². The number of amides is 1. The predicted molar refractivity (Wildman–Crippen MR) is 123 cm³/mol. The lowest BCUT2D eigenvalue weighted by atomic mass is 10.1. The van der Waals surface area contributed by atoms with Gasteiger partial charge < -0.3 is 5.32 Å². The van der Waals surface area contributed by atoms with Gasteiger partial charge >= 0.3 is 0 Å². The number of aromatic nitrogens is 3. The maximum absolute atomic E-state index is 12.9. The van der Waals surface area contributed by atoms with Crippen molar-refractivity contribution < 1.29 is 9.59 Å². The summed E-state index contributed by atoms with van der Waals surface area (Å²) in [4.78, 5) is 41.4. The van der Waals surface area contributed by atoms with Crippen LogP contribution in [0.3, 0.4) is 0 Å². The van der Waals surface area contributed by atoms with Crippen LogP contribution in [-0.2, 0) is 11.8 Å². The number of anilines is 1. The molecule has 2 aromatic heterocycles. The number of rotatable bonds is 7. The summed E-state index contributed by atoms with van der Waals surface area (Å²) in [5.41, 5.74) is 2.55. The maximum atomic E-state index is 12.9. The SMILES string of the molecule is CC(=O)c1cc(C#N)c(SCCC(=O)Nc2c(C)n(C)n(-c3ccccc3)c2=O)nc1C. The van der Waals surface area contributed by atoms with Gasteiger partial charge in [0.25, 0.3) is 5.56 Å². The van der Waals surface area contributed by atoms with Gasteiger partial charge in [-0.05, 0) is 39.0 Å². The Morgan fingerprint density at radius 3 is 2.53 bits per heavy atom. The Bertz CT molecular complexity index is 1290. The standard InChI is InChI=1S/C23H23N5O3S/c1-14-19(16(3)29)12-17(13-24)22(25-14)32-11-10-20(30)26-21-15(2)27(4)28(23(21)31)18-8-6-5-7-9-18/h5-9,12H,10-11H2,1-4H3,(H,26,30). The molecule has 0 saturated heterocycles. The molecule has 1 N–H and O–H groups in total. The highest BCUT2D eigenvalue weighted by Crippen LogP contribution is 2.24. The van der Waals surface area contributed by atoms with E-state index < -0.39 is 0 Å². The third-order valence-electron chi connectivity index (χ3n) is 5.06. The molecule has 32 heavy (non-hydrogen) atoms. The zero-order valence-electron chi connectivity index (χ0n) is 18.3. The number of carbonyl (C=O) groups excluding carboxylic acids is 2. The number of hydrogen-bond acceptors (Lipinski definition) is 6. The number of carbonyl (C=O) groups is 2. The van der Waals surface area contributed by atoms with Crippen LogP contribution in [0.2, 0.25) is 0 Å². The van der Waals surface area contributed by atoms with Crippen LogP contribution in [0.1, 0.15) is 40.7 Å². The quantitative estimate of drug-likeness (QED) is 0.437. The van der Waals surface area contributed by atoms with Gasteiger partial charge in [-0.1, -0.05) is 18.2 Å². The van der Waals surface area contributed by atoms with Crippen LogP contribution < -0.4 is 10.9 Å². The fourth-order valence-corrected chi connectivity index (χ4v) is 4.23. The fourth-order valence-electron chi connectivity index (χ4n) is 3.28. The third kappa shape index (κ3) is 4.65. The number of nitrogens with zero attached hydrogens (tertiary/aromatic N) is 4. The number of aryl methyl sites for hydroxylation is 1. The number of ketones is 1. The lowest BCUT2D eigenvalue weighted by molar-refractivity contribution is -0.115. The van der Waals surface area contributed by atoms with Crippen molar-refractivity contribution in [3.05, 3.63) is 69.3 Å². The predicted octanol–water partition coefficient (Wildman–Crippen LogP) is 3.38. The van der Waals surface area contributed by atoms with Gasteiger partial charge in [0.05, 0.1) is 16.9 Å². The van der Waals surface area contributed by atoms with Crippen LogP contribution in [0, 0.1) is 25.2 Å². The molecular formula is C23H23N5O3S. The van der Waals surface area contributed by atoms with Gasteiger partial charge in [0, 0.05) is 30.5 Å². The van der Waals surface area contributed by atoms with Gasteiger partial charge in [-0.2, -0.15) is 5.26 Å². The van der Waals surface area contributed by atoms with Crippen LogP contribution in [0.4, 0.5) is 5.69 Å². The van der Waals surface area contributed by atoms with E-state index in [0.29, 0.717) is 39.0 Å². The Balaban J connectivity index is 1.71. The van der Waals surface area contributed by atoms with Crippen LogP contribution in [0.25, 0.3) is 5.69 Å². The summed E-state index contributed by atoms with van der Waals surface area (Å²) in [6, 6.07) is 12.8. The minimum atomic E-state index is -0.306. The number of thioether (sulfide) groups is 1. The highest BCUT2D eigenvalue weighted by Gasteiger charge is 2.18. The van der Waals surface area contributed by atoms with Gasteiger partial charge in [-0.3, -0.25) is 19.1 Å². The Morgan fingerprint density at radius 1 is 1.22 bits per heavy atom. The molecule has 1 amide bonds. The highest BCUT2D eigenvalue weighted by molar-refractivity contribution is 7.99. The van der Waals surface area contributed by atoms with E-state index in [1.54, 1.807) is 25.6 Å². The van der Waals surface area contributed by atoms with Crippen molar-refractivity contribution in [2.45, 2.75) is 32.2 Å². The number of pyridine rings is 1. The number of nitriles is 1. The van der Waals surface area contributed by atoms with E-state index in [4.69, 9.17) is 0 Å². The monoisotopic (exact) mass is 449 g/mol. The van der Waals surface area contributed by atoms with E-state index in [0.717, 1.165) is 0 Å². The molecule has 0 atom stereocenters. The molecule has 0 spiro atoms. The second-order valence-electron chi connectivity index (χ2n) is 7.23. The average molecular weight is 450 g/mol. The Kier molecular flexibility index (Phi) is 6.95. The molecule has 0 radical (unpaired) electrons. The number of para-hydroxylation sites is 1. The molecule has 164 valence electrons. The Morgan fingerprint density at radius 2 is 1.91 bits per heavy atom. The fraction of sp³-hybridized carbons (Fsp3) is 0.261. The highest BCUT2D eigenvalue weighted by atomic mass is 32.2. The van der Waals surface area contributed by atoms with Gasteiger partial charge in [0.15, 0.2) is 5.78 Å². The molecule has 3 aromatic rings. The van der Waals surface area contributed by atoms with Crippen molar-refractivity contribution in [1.82, 2.24) is 14.3 Å². The molecule has 0 aliphatic carbocycles. The molecule has 0 saturated carbocycles. The van der Waals surface area contributed by atoms with E-state index in [1.807, 2.05) is 30.3 Å². The smallest absolute Gasteiger partial charge is 0.295 e. The van der Waals surface area contributed by atoms with Crippen molar-refractivity contribution in [3.63, 3.8) is 0 Å². The van der Waals surface area contributed by atoms with E-state index in [9.17, 15) is 19.6 Å². The molecule has 3 rings (SSSR count). The first kappa shape index (κ1) is 23.0. The first-order valence-corrected chi connectivity index (χ1v) is 10.9. The van der Waals surface area contributed by atoms with E-state index in [1.165, 1.54) is 29.4 Å². The summed E-state index contributed by atoms with van der Waals surface area (Å²) in [6.45, 7) is 4.91. The Hall–Kier alpha value is -3.64. The molecule has 0 unspecified atom stereocenters. The summed E-state index contributed by atoms with van der Waals surface area (Å²) < 4.78 is 3.20. The van der Waals surface area contributed by atoms with Crippen LogP contribution in [0.15, 0.2) is 46.2 Å². The van der Waals surface area contributed by atoms with E-state index in [-0.39, 0.29) is 29.4 Å². The van der Waals surface area contributed by atoms with Gasteiger partial charge in [-0.25, -0.2) is 9.67 Å². The van der Waals surface area contributed by atoms with Gasteiger partial charge in [0.2, 0.25) is 5.91 Å². The van der Waals surface area contributed by atoms with Crippen molar-refractivity contribution in [2.24, 2.45) is 7.05 Å². The summed E-state index contributed by atoms with van der Waals surface area (Å²) in [5.74, 6) is -0.0913. The van der Waals surface area contributed by atoms with Crippen molar-refractivity contribution >= 4 is 29.1 Å². The number of Topliss-reactive ketones (excluding diaryl/α,β-unsaturated/α-hetero) is 1. The molecule has 8 nitrogen and oxygen atoms in total. The summed E-state index contributed by atoms with van der Waals surface area (Å²) in [6.07, 6.45) is 0.129. The summed E-state index contributed by atoms with van der Waals surface area (Å²) >= 11 is 1.26. The molecule has 0 bridgehead atoms. The van der Waals surface area contributed by atoms with E-state index in [2.05, 4.69) is 16.4 Å². The summed E-state index contributed by atoms with van der Waals surface area (Å²) in [5, 5.41) is 12.6. The molecule has 2 heterocycles. The number of hydrogen-bond donors (Lipinski definition) is 1. The maximum Gasteiger partial charge on any atom is 0.295 e. The zero-order chi connectivity index (χ0) is 23.4. The van der Waals surface area contributed by atoms with Crippen LogP contribution in [0.5, 0.6) is 0 Å². The molecule has 0 aliphatic rings.